The summed E-state index contributed by atoms with van der Waals surface area (Å²) in [4.78, 5) is 34.1. The van der Waals surface area contributed by atoms with Crippen LogP contribution in [-0.4, -0.2) is 32.1 Å². The molecule has 0 aliphatic carbocycles. The van der Waals surface area contributed by atoms with Crippen molar-refractivity contribution >= 4 is 33.6 Å². The highest BCUT2D eigenvalue weighted by Crippen LogP contribution is 2.49. The Morgan fingerprint density at radius 1 is 1.00 bits per heavy atom. The molecule has 0 fully saturated rings. The highest BCUT2D eigenvalue weighted by Gasteiger charge is 2.53. The van der Waals surface area contributed by atoms with E-state index in [1.54, 1.807) is 0 Å². The van der Waals surface area contributed by atoms with E-state index in [2.05, 4.69) is 11.9 Å². The Morgan fingerprint density at radius 2 is 1.76 bits per heavy atom. The maximum absolute atomic E-state index is 13.5. The van der Waals surface area contributed by atoms with Gasteiger partial charge in [0.15, 0.2) is 0 Å². The molecule has 0 bridgehead atoms. The highest BCUT2D eigenvalue weighted by atomic mass is 32.2. The van der Waals surface area contributed by atoms with Gasteiger partial charge in [0.1, 0.15) is 9.79 Å². The number of fused-ring (bicyclic) bond motifs is 1. The number of aromatic nitrogens is 1. The Hall–Kier alpha value is -3.06. The van der Waals surface area contributed by atoms with Crippen LogP contribution in [0.3, 0.4) is 0 Å². The first-order valence-corrected chi connectivity index (χ1v) is 12.2. The molecule has 0 saturated carbocycles. The first-order chi connectivity index (χ1) is 16.0. The van der Waals surface area contributed by atoms with Crippen molar-refractivity contribution in [3.8, 4) is 0 Å². The van der Waals surface area contributed by atoms with Crippen molar-refractivity contribution in [2.45, 2.75) is 49.7 Å². The molecule has 0 radical (unpaired) electrons. The molecule has 3 aromatic rings. The second kappa shape index (κ2) is 10.3. The average Bonchev–Trinajstić information content (AvgIpc) is 3.17. The van der Waals surface area contributed by atoms with Crippen LogP contribution in [0.2, 0.25) is 0 Å². The fourth-order valence-electron chi connectivity index (χ4n) is 4.44. The number of aliphatic imine (C=N–C) groups is 1. The topological polar surface area (TPSA) is 85.5 Å². The SMILES string of the molecule is CCCCCC[C@]1([C@H](C[N+](=O)[O-])c2ccccc2)SC(c2ccc3ccccc3n2)=NC1=O. The second-order valence-corrected chi connectivity index (χ2v) is 9.71. The predicted octanol–water partition coefficient (Wildman–Crippen LogP) is 6.02. The van der Waals surface area contributed by atoms with E-state index in [-0.39, 0.29) is 17.4 Å². The van der Waals surface area contributed by atoms with E-state index in [0.29, 0.717) is 17.2 Å². The quantitative estimate of drug-likeness (QED) is 0.209. The van der Waals surface area contributed by atoms with Crippen LogP contribution in [0.5, 0.6) is 0 Å². The number of thioether (sulfide) groups is 1. The number of carbonyl (C=O) groups is 1. The van der Waals surface area contributed by atoms with Crippen molar-refractivity contribution in [3.63, 3.8) is 0 Å². The Morgan fingerprint density at radius 3 is 2.52 bits per heavy atom. The van der Waals surface area contributed by atoms with Crippen molar-refractivity contribution in [3.05, 3.63) is 88.1 Å². The molecule has 6 nitrogen and oxygen atoms in total. The monoisotopic (exact) mass is 461 g/mol. The standard InChI is InChI=1S/C26H27N3O3S/c1-2-3-4-10-17-26(21(18-29(31)32)19-11-6-5-7-12-19)25(30)28-24(33-26)23-16-15-20-13-8-9-14-22(20)27-23/h5-9,11-16,21H,2-4,10,17-18H2,1H3/t21-,26-/m1/s1. The largest absolute Gasteiger partial charge is 0.271 e. The lowest BCUT2D eigenvalue weighted by molar-refractivity contribution is -0.484. The zero-order chi connectivity index (χ0) is 23.3. The molecule has 1 aromatic heterocycles. The average molecular weight is 462 g/mol. The first kappa shape index (κ1) is 23.1. The summed E-state index contributed by atoms with van der Waals surface area (Å²) >= 11 is 1.36. The number of pyridine rings is 1. The number of carbonyl (C=O) groups excluding carboxylic acids is 1. The minimum Gasteiger partial charge on any atom is -0.271 e. The van der Waals surface area contributed by atoms with Gasteiger partial charge in [-0.25, -0.2) is 9.98 Å². The van der Waals surface area contributed by atoms with E-state index in [1.807, 2.05) is 66.7 Å². The first-order valence-electron chi connectivity index (χ1n) is 11.4. The molecule has 2 atom stereocenters. The Labute approximate surface area is 197 Å². The summed E-state index contributed by atoms with van der Waals surface area (Å²) in [6, 6.07) is 21.0. The van der Waals surface area contributed by atoms with Crippen molar-refractivity contribution in [1.29, 1.82) is 0 Å². The van der Waals surface area contributed by atoms with Crippen LogP contribution in [0.15, 0.2) is 71.7 Å². The Bertz CT molecular complexity index is 1180. The molecule has 1 amide bonds. The van der Waals surface area contributed by atoms with Gasteiger partial charge in [-0.05, 0) is 24.1 Å². The van der Waals surface area contributed by atoms with Gasteiger partial charge in [0.05, 0.1) is 17.1 Å². The fraction of sp³-hybridized carbons (Fsp3) is 0.346. The molecule has 0 spiro atoms. The molecule has 7 heteroatoms. The van der Waals surface area contributed by atoms with Crippen molar-refractivity contribution in [2.24, 2.45) is 4.99 Å². The van der Waals surface area contributed by atoms with Gasteiger partial charge in [0.2, 0.25) is 6.54 Å². The van der Waals surface area contributed by atoms with Crippen LogP contribution in [-0.2, 0) is 4.79 Å². The van der Waals surface area contributed by atoms with Crippen molar-refractivity contribution < 1.29 is 9.72 Å². The number of hydrogen-bond donors (Lipinski definition) is 0. The third kappa shape index (κ3) is 4.98. The zero-order valence-electron chi connectivity index (χ0n) is 18.6. The maximum atomic E-state index is 13.5. The molecular formula is C26H27N3O3S. The third-order valence-corrected chi connectivity index (χ3v) is 7.68. The summed E-state index contributed by atoms with van der Waals surface area (Å²) in [7, 11) is 0. The minimum atomic E-state index is -1.01. The summed E-state index contributed by atoms with van der Waals surface area (Å²) in [5.74, 6) is -0.862. The number of nitro groups is 1. The summed E-state index contributed by atoms with van der Waals surface area (Å²) in [6.07, 6.45) is 4.50. The summed E-state index contributed by atoms with van der Waals surface area (Å²) in [5.41, 5.74) is 2.26. The molecule has 0 saturated heterocycles. The van der Waals surface area contributed by atoms with Crippen LogP contribution < -0.4 is 0 Å². The second-order valence-electron chi connectivity index (χ2n) is 8.39. The van der Waals surface area contributed by atoms with Gasteiger partial charge in [-0.1, -0.05) is 99.0 Å². The van der Waals surface area contributed by atoms with E-state index >= 15 is 0 Å². The number of rotatable bonds is 10. The van der Waals surface area contributed by atoms with E-state index < -0.39 is 10.7 Å². The molecule has 0 unspecified atom stereocenters. The Kier molecular flexibility index (Phi) is 7.18. The molecule has 1 aliphatic rings. The van der Waals surface area contributed by atoms with Gasteiger partial charge >= 0.3 is 0 Å². The molecule has 1 aliphatic heterocycles. The van der Waals surface area contributed by atoms with Crippen LogP contribution in [0.25, 0.3) is 10.9 Å². The van der Waals surface area contributed by atoms with E-state index in [9.17, 15) is 14.9 Å². The number of para-hydroxylation sites is 1. The van der Waals surface area contributed by atoms with Gasteiger partial charge in [-0.15, -0.1) is 0 Å². The molecule has 2 heterocycles. The summed E-state index contributed by atoms with van der Waals surface area (Å²) in [6.45, 7) is 1.82. The molecule has 170 valence electrons. The van der Waals surface area contributed by atoms with Gasteiger partial charge < -0.3 is 0 Å². The predicted molar refractivity (Wildman–Crippen MR) is 133 cm³/mol. The Balaban J connectivity index is 1.72. The number of nitrogens with zero attached hydrogens (tertiary/aromatic N) is 3. The van der Waals surface area contributed by atoms with Gasteiger partial charge in [-0.3, -0.25) is 14.9 Å². The minimum absolute atomic E-state index is 0.287. The molecular weight excluding hydrogens is 434 g/mol. The van der Waals surface area contributed by atoms with Gasteiger partial charge in [0, 0.05) is 10.3 Å². The van der Waals surface area contributed by atoms with Crippen LogP contribution in [0.1, 0.15) is 56.2 Å². The van der Waals surface area contributed by atoms with Gasteiger partial charge in [0.25, 0.3) is 5.91 Å². The molecule has 4 rings (SSSR count). The van der Waals surface area contributed by atoms with E-state index in [4.69, 9.17) is 4.98 Å². The maximum Gasteiger partial charge on any atom is 0.264 e. The number of amides is 1. The number of benzene rings is 2. The molecule has 2 aromatic carbocycles. The van der Waals surface area contributed by atoms with Crippen LogP contribution >= 0.6 is 11.8 Å². The normalized spacial score (nSPS) is 18.9. The summed E-state index contributed by atoms with van der Waals surface area (Å²) in [5, 5.41) is 13.3. The third-order valence-electron chi connectivity index (χ3n) is 6.16. The lowest BCUT2D eigenvalue weighted by atomic mass is 9.81. The lowest BCUT2D eigenvalue weighted by Crippen LogP contribution is -2.41. The van der Waals surface area contributed by atoms with Crippen molar-refractivity contribution in [2.75, 3.05) is 6.54 Å². The van der Waals surface area contributed by atoms with Crippen molar-refractivity contribution in [1.82, 2.24) is 4.98 Å². The zero-order valence-corrected chi connectivity index (χ0v) is 19.5. The summed E-state index contributed by atoms with van der Waals surface area (Å²) < 4.78 is -1.01. The van der Waals surface area contributed by atoms with E-state index in [1.165, 1.54) is 11.8 Å². The fourth-order valence-corrected chi connectivity index (χ4v) is 5.87. The van der Waals surface area contributed by atoms with E-state index in [0.717, 1.165) is 42.1 Å². The molecule has 33 heavy (non-hydrogen) atoms. The number of hydrogen-bond acceptors (Lipinski definition) is 5. The molecule has 0 N–H and O–H groups in total. The number of unbranched alkanes of at least 4 members (excludes halogenated alkanes) is 3. The van der Waals surface area contributed by atoms with Gasteiger partial charge in [-0.2, -0.15) is 0 Å². The van der Waals surface area contributed by atoms with Crippen LogP contribution in [0.4, 0.5) is 0 Å². The van der Waals surface area contributed by atoms with Crippen LogP contribution in [0, 0.1) is 10.1 Å². The smallest absolute Gasteiger partial charge is 0.264 e. The lowest BCUT2D eigenvalue weighted by Gasteiger charge is -2.32. The highest BCUT2D eigenvalue weighted by molar-refractivity contribution is 8.16.